The number of piperidine rings is 1. The molecule has 5 nitrogen and oxygen atoms in total. The van der Waals surface area contributed by atoms with E-state index < -0.39 is 9.84 Å². The van der Waals surface area contributed by atoms with Crippen LogP contribution < -0.4 is 5.32 Å². The van der Waals surface area contributed by atoms with Crippen LogP contribution in [0.5, 0.6) is 0 Å². The average Bonchev–Trinajstić information content (AvgIpc) is 2.38. The number of aromatic nitrogens is 2. The second kappa shape index (κ2) is 5.54. The van der Waals surface area contributed by atoms with Gasteiger partial charge >= 0.3 is 0 Å². The SMILES string of the molecule is CC(C)c1ncc(S(C)(=O)=O)c([C@H]2CCCNC2)n1. The van der Waals surface area contributed by atoms with Gasteiger partial charge in [0.05, 0.1) is 5.69 Å². The molecule has 2 heterocycles. The van der Waals surface area contributed by atoms with E-state index in [9.17, 15) is 8.42 Å². The highest BCUT2D eigenvalue weighted by Gasteiger charge is 2.25. The van der Waals surface area contributed by atoms with Crippen molar-refractivity contribution in [3.63, 3.8) is 0 Å². The molecule has 1 N–H and O–H groups in total. The lowest BCUT2D eigenvalue weighted by Crippen LogP contribution is -2.30. The van der Waals surface area contributed by atoms with Gasteiger partial charge in [0.1, 0.15) is 10.7 Å². The number of hydrogen-bond donors (Lipinski definition) is 1. The third kappa shape index (κ3) is 3.30. The Morgan fingerprint density at radius 2 is 2.16 bits per heavy atom. The molecule has 0 amide bonds. The van der Waals surface area contributed by atoms with Crippen LogP contribution in [-0.2, 0) is 9.84 Å². The summed E-state index contributed by atoms with van der Waals surface area (Å²) in [5, 5.41) is 3.31. The van der Waals surface area contributed by atoms with Gasteiger partial charge in [0, 0.05) is 30.8 Å². The normalized spacial score (nSPS) is 20.7. The van der Waals surface area contributed by atoms with Gasteiger partial charge < -0.3 is 5.32 Å². The van der Waals surface area contributed by atoms with Crippen molar-refractivity contribution in [3.8, 4) is 0 Å². The van der Waals surface area contributed by atoms with Crippen molar-refractivity contribution in [2.24, 2.45) is 0 Å². The summed E-state index contributed by atoms with van der Waals surface area (Å²) in [6.45, 7) is 5.81. The van der Waals surface area contributed by atoms with Crippen LogP contribution in [0.3, 0.4) is 0 Å². The molecule has 0 saturated carbocycles. The number of nitrogens with zero attached hydrogens (tertiary/aromatic N) is 2. The fraction of sp³-hybridized carbons (Fsp3) is 0.692. The molecular formula is C13H21N3O2S. The van der Waals surface area contributed by atoms with E-state index in [1.807, 2.05) is 13.8 Å². The summed E-state index contributed by atoms with van der Waals surface area (Å²) in [5.74, 6) is 1.08. The second-order valence-corrected chi connectivity index (χ2v) is 7.43. The molecule has 0 aliphatic carbocycles. The lowest BCUT2D eigenvalue weighted by molar-refractivity contribution is 0.445. The molecule has 1 fully saturated rings. The summed E-state index contributed by atoms with van der Waals surface area (Å²) < 4.78 is 23.8. The van der Waals surface area contributed by atoms with E-state index in [0.29, 0.717) is 11.5 Å². The maximum absolute atomic E-state index is 11.9. The minimum absolute atomic E-state index is 0.166. The first-order valence-corrected chi connectivity index (χ1v) is 8.56. The highest BCUT2D eigenvalue weighted by atomic mass is 32.2. The predicted octanol–water partition coefficient (Wildman–Crippen LogP) is 1.47. The minimum Gasteiger partial charge on any atom is -0.316 e. The van der Waals surface area contributed by atoms with Crippen LogP contribution in [0.15, 0.2) is 11.1 Å². The Hall–Kier alpha value is -1.01. The highest BCUT2D eigenvalue weighted by Crippen LogP contribution is 2.28. The van der Waals surface area contributed by atoms with Crippen molar-refractivity contribution in [1.82, 2.24) is 15.3 Å². The Labute approximate surface area is 114 Å². The Morgan fingerprint density at radius 1 is 1.42 bits per heavy atom. The standard InChI is InChI=1S/C13H21N3O2S/c1-9(2)13-15-8-11(19(3,17)18)12(16-13)10-5-4-6-14-7-10/h8-10,14H,4-7H2,1-3H3/t10-/m0/s1. The maximum Gasteiger partial charge on any atom is 0.178 e. The molecule has 0 bridgehead atoms. The van der Waals surface area contributed by atoms with Crippen LogP contribution >= 0.6 is 0 Å². The van der Waals surface area contributed by atoms with Gasteiger partial charge in [-0.15, -0.1) is 0 Å². The predicted molar refractivity (Wildman–Crippen MR) is 74.1 cm³/mol. The summed E-state index contributed by atoms with van der Waals surface area (Å²) >= 11 is 0. The first-order chi connectivity index (χ1) is 8.89. The molecule has 0 unspecified atom stereocenters. The smallest absolute Gasteiger partial charge is 0.178 e. The molecule has 0 spiro atoms. The van der Waals surface area contributed by atoms with Crippen molar-refractivity contribution in [3.05, 3.63) is 17.7 Å². The Kier molecular flexibility index (Phi) is 4.20. The lowest BCUT2D eigenvalue weighted by atomic mass is 9.95. The van der Waals surface area contributed by atoms with Crippen LogP contribution in [0.25, 0.3) is 0 Å². The molecule has 1 aromatic heterocycles. The van der Waals surface area contributed by atoms with Crippen molar-refractivity contribution in [1.29, 1.82) is 0 Å². The van der Waals surface area contributed by atoms with Crippen molar-refractivity contribution in [2.75, 3.05) is 19.3 Å². The zero-order valence-corrected chi connectivity index (χ0v) is 12.5. The first-order valence-electron chi connectivity index (χ1n) is 6.67. The van der Waals surface area contributed by atoms with E-state index in [2.05, 4.69) is 15.3 Å². The van der Waals surface area contributed by atoms with Crippen LogP contribution in [0, 0.1) is 0 Å². The van der Waals surface area contributed by atoms with Gasteiger partial charge in [-0.05, 0) is 19.4 Å². The van der Waals surface area contributed by atoms with Gasteiger partial charge in [-0.1, -0.05) is 13.8 Å². The zero-order chi connectivity index (χ0) is 14.0. The van der Waals surface area contributed by atoms with Gasteiger partial charge in [0.2, 0.25) is 0 Å². The van der Waals surface area contributed by atoms with Gasteiger partial charge in [0.15, 0.2) is 9.84 Å². The Balaban J connectivity index is 2.49. The molecule has 1 aliphatic rings. The van der Waals surface area contributed by atoms with E-state index in [1.165, 1.54) is 12.5 Å². The van der Waals surface area contributed by atoms with Crippen LogP contribution in [-0.4, -0.2) is 37.7 Å². The molecular weight excluding hydrogens is 262 g/mol. The molecule has 1 aromatic rings. The minimum atomic E-state index is -3.28. The third-order valence-electron chi connectivity index (χ3n) is 3.40. The molecule has 0 aromatic carbocycles. The van der Waals surface area contributed by atoms with E-state index in [1.54, 1.807) is 0 Å². The number of nitrogens with one attached hydrogen (secondary N) is 1. The fourth-order valence-electron chi connectivity index (χ4n) is 2.34. The van der Waals surface area contributed by atoms with Crippen LogP contribution in [0.2, 0.25) is 0 Å². The summed E-state index contributed by atoms with van der Waals surface area (Å²) in [4.78, 5) is 9.00. The Morgan fingerprint density at radius 3 is 2.68 bits per heavy atom. The van der Waals surface area contributed by atoms with Crippen molar-refractivity contribution >= 4 is 9.84 Å². The van der Waals surface area contributed by atoms with E-state index in [-0.39, 0.29) is 16.7 Å². The number of sulfone groups is 1. The zero-order valence-electron chi connectivity index (χ0n) is 11.7. The van der Waals surface area contributed by atoms with Gasteiger partial charge in [-0.3, -0.25) is 0 Å². The Bertz CT molecular complexity index is 549. The average molecular weight is 283 g/mol. The molecule has 1 atom stereocenters. The largest absolute Gasteiger partial charge is 0.316 e. The van der Waals surface area contributed by atoms with Gasteiger partial charge in [-0.2, -0.15) is 0 Å². The molecule has 0 radical (unpaired) electrons. The van der Waals surface area contributed by atoms with Crippen molar-refractivity contribution < 1.29 is 8.42 Å². The van der Waals surface area contributed by atoms with E-state index >= 15 is 0 Å². The van der Waals surface area contributed by atoms with Crippen molar-refractivity contribution in [2.45, 2.75) is 43.4 Å². The van der Waals surface area contributed by atoms with Gasteiger partial charge in [0.25, 0.3) is 0 Å². The monoisotopic (exact) mass is 283 g/mol. The van der Waals surface area contributed by atoms with E-state index in [0.717, 1.165) is 25.9 Å². The van der Waals surface area contributed by atoms with E-state index in [4.69, 9.17) is 0 Å². The summed E-state index contributed by atoms with van der Waals surface area (Å²) in [5.41, 5.74) is 0.688. The van der Waals surface area contributed by atoms with Gasteiger partial charge in [-0.25, -0.2) is 18.4 Å². The lowest BCUT2D eigenvalue weighted by Gasteiger charge is -2.24. The first kappa shape index (κ1) is 14.4. The molecule has 6 heteroatoms. The summed E-state index contributed by atoms with van der Waals surface area (Å²) in [7, 11) is -3.28. The molecule has 1 saturated heterocycles. The number of hydrogen-bond acceptors (Lipinski definition) is 5. The molecule has 1 aliphatic heterocycles. The quantitative estimate of drug-likeness (QED) is 0.909. The molecule has 2 rings (SSSR count). The highest BCUT2D eigenvalue weighted by molar-refractivity contribution is 7.90. The van der Waals surface area contributed by atoms with Crippen LogP contribution in [0.1, 0.15) is 50.0 Å². The fourth-order valence-corrected chi connectivity index (χ4v) is 3.18. The summed E-state index contributed by atoms with van der Waals surface area (Å²) in [6, 6.07) is 0. The molecule has 106 valence electrons. The maximum atomic E-state index is 11.9. The topological polar surface area (TPSA) is 72.0 Å². The second-order valence-electron chi connectivity index (χ2n) is 5.45. The number of rotatable bonds is 3. The molecule has 19 heavy (non-hydrogen) atoms. The summed E-state index contributed by atoms with van der Waals surface area (Å²) in [6.07, 6.45) is 4.72. The van der Waals surface area contributed by atoms with Crippen LogP contribution in [0.4, 0.5) is 0 Å². The third-order valence-corrected chi connectivity index (χ3v) is 4.51.